The van der Waals surface area contributed by atoms with E-state index in [9.17, 15) is 14.4 Å². The van der Waals surface area contributed by atoms with Crippen LogP contribution in [0.3, 0.4) is 0 Å². The van der Waals surface area contributed by atoms with Crippen LogP contribution in [0.5, 0.6) is 11.8 Å². The Bertz CT molecular complexity index is 2250. The summed E-state index contributed by atoms with van der Waals surface area (Å²) in [5.41, 5.74) is 2.96. The number of halogens is 2. The molecule has 0 saturated heterocycles. The van der Waals surface area contributed by atoms with Crippen LogP contribution >= 0.6 is 11.6 Å². The Kier molecular flexibility index (Phi) is 12.9. The molecule has 0 aliphatic heterocycles. The van der Waals surface area contributed by atoms with Crippen molar-refractivity contribution in [3.05, 3.63) is 130 Å². The van der Waals surface area contributed by atoms with Gasteiger partial charge < -0.3 is 30.7 Å². The Morgan fingerprint density at radius 2 is 1.50 bits per heavy atom. The number of aromatic nitrogens is 3. The van der Waals surface area contributed by atoms with Gasteiger partial charge in [0, 0.05) is 30.2 Å². The lowest BCUT2D eigenvalue weighted by molar-refractivity contribution is -0.137. The van der Waals surface area contributed by atoms with Crippen LogP contribution in [0.4, 0.5) is 22.0 Å². The number of carbonyl (C=O) groups excluding carboxylic acids is 3. The van der Waals surface area contributed by atoms with Crippen LogP contribution in [-0.4, -0.2) is 52.7 Å². The van der Waals surface area contributed by atoms with Gasteiger partial charge in [0.05, 0.1) is 18.2 Å². The van der Waals surface area contributed by atoms with Crippen molar-refractivity contribution in [1.82, 2.24) is 25.6 Å². The minimum Gasteiger partial charge on any atom is -0.497 e. The summed E-state index contributed by atoms with van der Waals surface area (Å²) in [5, 5.41) is 12.5. The quantitative estimate of drug-likeness (QED) is 0.0642. The molecule has 2 amide bonds. The van der Waals surface area contributed by atoms with Crippen molar-refractivity contribution in [1.29, 1.82) is 0 Å². The molecule has 1 heterocycles. The Balaban J connectivity index is 1.09. The van der Waals surface area contributed by atoms with Gasteiger partial charge in [-0.2, -0.15) is 15.0 Å². The fourth-order valence-corrected chi connectivity index (χ4v) is 6.21. The second kappa shape index (κ2) is 18.0. The minimum atomic E-state index is -0.772. The Labute approximate surface area is 342 Å². The molecule has 1 saturated carbocycles. The van der Waals surface area contributed by atoms with Crippen molar-refractivity contribution in [2.45, 2.75) is 65.0 Å². The van der Waals surface area contributed by atoms with Gasteiger partial charge in [-0.1, -0.05) is 87.8 Å². The summed E-state index contributed by atoms with van der Waals surface area (Å²) in [6.07, 6.45) is 1.65. The average molecular weight is 808 g/mol. The SMILES string of the molecule is COc1ccc(CC(=O)C(=O)NCC(C)(C)CNC(=O)c2ccc(Nc3nc(NC4(c5ccc(Cl)cc5)CC4)nc(OCc4ccc(C(C)C)cc4)n3)cc2F)cc1. The third kappa shape index (κ3) is 11.1. The van der Waals surface area contributed by atoms with E-state index >= 15 is 4.39 Å². The Morgan fingerprint density at radius 1 is 0.845 bits per heavy atom. The molecule has 1 aliphatic carbocycles. The van der Waals surface area contributed by atoms with E-state index < -0.39 is 28.8 Å². The number of Topliss-reactive ketones (excluding diaryl/α,β-unsaturated/α-hetero) is 1. The molecular weight excluding hydrogens is 761 g/mol. The first-order valence-corrected chi connectivity index (χ1v) is 19.4. The lowest BCUT2D eigenvalue weighted by atomic mass is 9.93. The van der Waals surface area contributed by atoms with Crippen molar-refractivity contribution in [3.8, 4) is 11.8 Å². The largest absolute Gasteiger partial charge is 0.497 e. The zero-order valence-corrected chi connectivity index (χ0v) is 33.9. The van der Waals surface area contributed by atoms with E-state index in [1.807, 2.05) is 50.2 Å². The van der Waals surface area contributed by atoms with Gasteiger partial charge >= 0.3 is 6.01 Å². The molecule has 4 N–H and O–H groups in total. The number of nitrogens with zero attached hydrogens (tertiary/aromatic N) is 3. The number of ether oxygens (including phenoxy) is 2. The topological polar surface area (TPSA) is 156 Å². The number of amides is 2. The van der Waals surface area contributed by atoms with Gasteiger partial charge in [0.25, 0.3) is 11.8 Å². The molecule has 4 aromatic carbocycles. The number of hydrogen-bond acceptors (Lipinski definition) is 10. The van der Waals surface area contributed by atoms with Crippen LogP contribution in [0.2, 0.25) is 5.02 Å². The van der Waals surface area contributed by atoms with Gasteiger partial charge in [-0.05, 0) is 88.9 Å². The molecule has 58 heavy (non-hydrogen) atoms. The predicted octanol–water partition coefficient (Wildman–Crippen LogP) is 7.90. The molecular formula is C44H47ClFN7O5. The summed E-state index contributed by atoms with van der Waals surface area (Å²) in [4.78, 5) is 51.7. The van der Waals surface area contributed by atoms with Gasteiger partial charge in [-0.25, -0.2) is 4.39 Å². The number of rotatable bonds is 18. The molecule has 302 valence electrons. The first-order chi connectivity index (χ1) is 27.7. The monoisotopic (exact) mass is 807 g/mol. The standard InChI is InChI=1S/C44H47ClFN7O5/c1-27(2)30-10-6-29(7-11-30)24-58-42-51-40(50-41(52-42)53-44(20-21-44)31-12-14-32(45)15-13-31)49-33-16-19-35(36(46)23-33)38(55)47-25-43(3,4)26-48-39(56)37(54)22-28-8-17-34(57-5)18-9-28/h6-19,23,27H,20-22,24-26H2,1-5H3,(H,47,55)(H,48,56)(H2,49,50,51,52,53). The first-order valence-electron chi connectivity index (χ1n) is 19.0. The van der Waals surface area contributed by atoms with Crippen LogP contribution in [-0.2, 0) is 28.2 Å². The third-order valence-electron chi connectivity index (χ3n) is 9.83. The Morgan fingerprint density at radius 3 is 2.14 bits per heavy atom. The molecule has 1 aliphatic rings. The fraction of sp³-hybridized carbons (Fsp3) is 0.318. The molecule has 0 bridgehead atoms. The predicted molar refractivity (Wildman–Crippen MR) is 221 cm³/mol. The van der Waals surface area contributed by atoms with Crippen LogP contribution < -0.4 is 30.7 Å². The van der Waals surface area contributed by atoms with E-state index in [1.165, 1.54) is 17.7 Å². The van der Waals surface area contributed by atoms with E-state index in [-0.39, 0.29) is 55.1 Å². The number of hydrogen-bond donors (Lipinski definition) is 4. The highest BCUT2D eigenvalue weighted by Gasteiger charge is 2.45. The molecule has 0 unspecified atom stereocenters. The number of methoxy groups -OCH3 is 1. The lowest BCUT2D eigenvalue weighted by Gasteiger charge is -2.25. The molecule has 14 heteroatoms. The molecule has 0 atom stereocenters. The lowest BCUT2D eigenvalue weighted by Crippen LogP contribution is -2.44. The summed E-state index contributed by atoms with van der Waals surface area (Å²) >= 11 is 6.15. The summed E-state index contributed by atoms with van der Waals surface area (Å²) in [5.74, 6) is -1.30. The molecule has 12 nitrogen and oxygen atoms in total. The number of ketones is 1. The number of benzene rings is 4. The van der Waals surface area contributed by atoms with Gasteiger partial charge in [-0.15, -0.1) is 0 Å². The van der Waals surface area contributed by atoms with Crippen molar-refractivity contribution < 1.29 is 28.2 Å². The van der Waals surface area contributed by atoms with Crippen LogP contribution in [0.1, 0.15) is 79.1 Å². The summed E-state index contributed by atoms with van der Waals surface area (Å²) in [6, 6.07) is 26.8. The Hall–Kier alpha value is -6.08. The van der Waals surface area contributed by atoms with Crippen LogP contribution in [0.15, 0.2) is 91.0 Å². The third-order valence-corrected chi connectivity index (χ3v) is 10.1. The van der Waals surface area contributed by atoms with Crippen molar-refractivity contribution in [2.24, 2.45) is 5.41 Å². The second-order valence-electron chi connectivity index (χ2n) is 15.5. The molecule has 1 fully saturated rings. The van der Waals surface area contributed by atoms with E-state index in [2.05, 4.69) is 62.2 Å². The highest BCUT2D eigenvalue weighted by Crippen LogP contribution is 2.48. The maximum Gasteiger partial charge on any atom is 0.323 e. The molecule has 6 rings (SSSR count). The number of anilines is 3. The van der Waals surface area contributed by atoms with Crippen molar-refractivity contribution >= 4 is 46.8 Å². The number of carbonyl (C=O) groups is 3. The highest BCUT2D eigenvalue weighted by atomic mass is 35.5. The van der Waals surface area contributed by atoms with Crippen molar-refractivity contribution in [2.75, 3.05) is 30.8 Å². The zero-order chi connectivity index (χ0) is 41.5. The molecule has 0 spiro atoms. The van der Waals surface area contributed by atoms with Gasteiger partial charge in [0.1, 0.15) is 18.2 Å². The van der Waals surface area contributed by atoms with Crippen molar-refractivity contribution in [3.63, 3.8) is 0 Å². The minimum absolute atomic E-state index is 0.0595. The summed E-state index contributed by atoms with van der Waals surface area (Å²) < 4.78 is 26.6. The first kappa shape index (κ1) is 41.6. The normalized spacial score (nSPS) is 13.0. The van der Waals surface area contributed by atoms with Crippen LogP contribution in [0.25, 0.3) is 0 Å². The summed E-state index contributed by atoms with van der Waals surface area (Å²) in [7, 11) is 1.55. The average Bonchev–Trinajstić information content (AvgIpc) is 3.99. The maximum absolute atomic E-state index is 15.5. The van der Waals surface area contributed by atoms with E-state index in [4.69, 9.17) is 21.1 Å². The fourth-order valence-electron chi connectivity index (χ4n) is 6.08. The second-order valence-corrected chi connectivity index (χ2v) is 15.9. The maximum atomic E-state index is 15.5. The zero-order valence-electron chi connectivity index (χ0n) is 33.1. The van der Waals surface area contributed by atoms with Gasteiger partial charge in [0.15, 0.2) is 0 Å². The van der Waals surface area contributed by atoms with E-state index in [0.29, 0.717) is 27.9 Å². The smallest absolute Gasteiger partial charge is 0.323 e. The molecule has 0 radical (unpaired) electrons. The van der Waals surface area contributed by atoms with E-state index in [0.717, 1.165) is 24.0 Å². The van der Waals surface area contributed by atoms with Gasteiger partial charge in [0.2, 0.25) is 17.7 Å². The highest BCUT2D eigenvalue weighted by molar-refractivity contribution is 6.36. The van der Waals surface area contributed by atoms with Crippen LogP contribution in [0, 0.1) is 11.2 Å². The molecule has 1 aromatic heterocycles. The number of nitrogens with one attached hydrogen (secondary N) is 4. The van der Waals surface area contributed by atoms with Gasteiger partial charge in [-0.3, -0.25) is 14.4 Å². The molecule has 5 aromatic rings. The summed E-state index contributed by atoms with van der Waals surface area (Å²) in [6.45, 7) is 8.31. The van der Waals surface area contributed by atoms with E-state index in [1.54, 1.807) is 37.4 Å².